The Morgan fingerprint density at radius 2 is 1.90 bits per heavy atom. The van der Waals surface area contributed by atoms with Crippen LogP contribution in [0, 0.1) is 5.92 Å². The molecule has 0 unspecified atom stereocenters. The topological polar surface area (TPSA) is 38.3 Å². The number of benzene rings is 1. The Balaban J connectivity index is 1.61. The van der Waals surface area contributed by atoms with E-state index in [0.29, 0.717) is 19.1 Å². The minimum atomic E-state index is -0.0947. The predicted octanol–water partition coefficient (Wildman–Crippen LogP) is 3.33. The van der Waals surface area contributed by atoms with Gasteiger partial charge >= 0.3 is 5.97 Å². The molecular formula is C18H27NO2. The van der Waals surface area contributed by atoms with E-state index >= 15 is 0 Å². The Labute approximate surface area is 128 Å². The van der Waals surface area contributed by atoms with Crippen LogP contribution in [0.15, 0.2) is 30.3 Å². The molecule has 0 saturated heterocycles. The van der Waals surface area contributed by atoms with E-state index in [1.54, 1.807) is 0 Å². The van der Waals surface area contributed by atoms with E-state index < -0.39 is 0 Å². The number of ether oxygens (including phenoxy) is 1. The second kappa shape index (κ2) is 8.83. The van der Waals surface area contributed by atoms with Gasteiger partial charge in [0.1, 0.15) is 0 Å². The summed E-state index contributed by atoms with van der Waals surface area (Å²) in [4.78, 5) is 11.3. The van der Waals surface area contributed by atoms with Crippen LogP contribution in [0.5, 0.6) is 0 Å². The summed E-state index contributed by atoms with van der Waals surface area (Å²) in [5.74, 6) is 0.721. The Bertz CT molecular complexity index is 410. The van der Waals surface area contributed by atoms with E-state index in [1.807, 2.05) is 6.92 Å². The molecule has 3 heteroatoms. The molecule has 1 aromatic carbocycles. The van der Waals surface area contributed by atoms with Crippen molar-refractivity contribution in [3.63, 3.8) is 0 Å². The third kappa shape index (κ3) is 5.88. The molecule has 0 spiro atoms. The van der Waals surface area contributed by atoms with Crippen molar-refractivity contribution in [3.8, 4) is 0 Å². The first-order valence-electron chi connectivity index (χ1n) is 8.21. The van der Waals surface area contributed by atoms with Gasteiger partial charge in [0.05, 0.1) is 13.0 Å². The molecule has 0 amide bonds. The Kier molecular flexibility index (Phi) is 6.74. The molecule has 21 heavy (non-hydrogen) atoms. The number of hydrogen-bond donors (Lipinski definition) is 1. The second-order valence-electron chi connectivity index (χ2n) is 5.92. The van der Waals surface area contributed by atoms with Crippen LogP contribution in [0.1, 0.15) is 44.6 Å². The summed E-state index contributed by atoms with van der Waals surface area (Å²) < 4.78 is 4.94. The summed E-state index contributed by atoms with van der Waals surface area (Å²) in [6.07, 6.45) is 6.70. The molecule has 1 aromatic rings. The van der Waals surface area contributed by atoms with Crippen molar-refractivity contribution in [2.24, 2.45) is 5.92 Å². The van der Waals surface area contributed by atoms with Gasteiger partial charge < -0.3 is 10.1 Å². The largest absolute Gasteiger partial charge is 0.466 e. The normalized spacial score (nSPS) is 22.0. The molecule has 0 bridgehead atoms. The van der Waals surface area contributed by atoms with Gasteiger partial charge in [-0.1, -0.05) is 30.3 Å². The summed E-state index contributed by atoms with van der Waals surface area (Å²) in [5.41, 5.74) is 1.45. The highest BCUT2D eigenvalue weighted by Gasteiger charge is 2.21. The lowest BCUT2D eigenvalue weighted by atomic mass is 9.82. The minimum absolute atomic E-state index is 0.0947. The van der Waals surface area contributed by atoms with Gasteiger partial charge in [-0.2, -0.15) is 0 Å². The van der Waals surface area contributed by atoms with Gasteiger partial charge in [0.25, 0.3) is 0 Å². The fraction of sp³-hybridized carbons (Fsp3) is 0.611. The molecule has 0 atom stereocenters. The standard InChI is InChI=1S/C18H27NO2/c1-2-21-18(20)12-13-19-17-10-8-16(9-11-17)14-15-6-4-3-5-7-15/h3-7,16-17,19H,2,8-14H2,1H3. The molecule has 0 heterocycles. The van der Waals surface area contributed by atoms with E-state index in [9.17, 15) is 4.79 Å². The van der Waals surface area contributed by atoms with E-state index in [0.717, 1.165) is 12.5 Å². The minimum Gasteiger partial charge on any atom is -0.466 e. The molecule has 0 radical (unpaired) electrons. The molecule has 116 valence electrons. The first-order valence-corrected chi connectivity index (χ1v) is 8.21. The highest BCUT2D eigenvalue weighted by molar-refractivity contribution is 5.69. The molecule has 0 aliphatic heterocycles. The van der Waals surface area contributed by atoms with Crippen LogP contribution < -0.4 is 5.32 Å². The van der Waals surface area contributed by atoms with Crippen LogP contribution in [0.2, 0.25) is 0 Å². The van der Waals surface area contributed by atoms with Crippen molar-refractivity contribution in [2.45, 2.75) is 51.5 Å². The van der Waals surface area contributed by atoms with Gasteiger partial charge in [-0.3, -0.25) is 4.79 Å². The van der Waals surface area contributed by atoms with Crippen molar-refractivity contribution in [3.05, 3.63) is 35.9 Å². The number of hydrogen-bond acceptors (Lipinski definition) is 3. The third-order valence-corrected chi connectivity index (χ3v) is 4.28. The van der Waals surface area contributed by atoms with Crippen molar-refractivity contribution in [2.75, 3.05) is 13.2 Å². The molecule has 3 nitrogen and oxygen atoms in total. The molecule has 1 aliphatic rings. The predicted molar refractivity (Wildman–Crippen MR) is 85.1 cm³/mol. The zero-order valence-electron chi connectivity index (χ0n) is 13.0. The van der Waals surface area contributed by atoms with Crippen LogP contribution in [-0.2, 0) is 16.0 Å². The molecule has 2 rings (SSSR count). The van der Waals surface area contributed by atoms with Gasteiger partial charge in [0.2, 0.25) is 0 Å². The van der Waals surface area contributed by atoms with Crippen molar-refractivity contribution >= 4 is 5.97 Å². The third-order valence-electron chi connectivity index (χ3n) is 4.28. The fourth-order valence-electron chi connectivity index (χ4n) is 3.13. The maximum atomic E-state index is 11.3. The number of carbonyl (C=O) groups is 1. The number of carbonyl (C=O) groups excluding carboxylic acids is 1. The number of nitrogens with one attached hydrogen (secondary N) is 1. The van der Waals surface area contributed by atoms with E-state index in [4.69, 9.17) is 4.74 Å². The first kappa shape index (κ1) is 16.0. The lowest BCUT2D eigenvalue weighted by molar-refractivity contribution is -0.143. The maximum Gasteiger partial charge on any atom is 0.307 e. The van der Waals surface area contributed by atoms with Gasteiger partial charge in [0, 0.05) is 12.6 Å². The van der Waals surface area contributed by atoms with Crippen LogP contribution in [0.4, 0.5) is 0 Å². The molecule has 1 aliphatic carbocycles. The monoisotopic (exact) mass is 289 g/mol. The summed E-state index contributed by atoms with van der Waals surface area (Å²) in [6, 6.07) is 11.4. The zero-order valence-corrected chi connectivity index (χ0v) is 13.0. The molecule has 1 saturated carbocycles. The van der Waals surface area contributed by atoms with Gasteiger partial charge in [-0.15, -0.1) is 0 Å². The van der Waals surface area contributed by atoms with Crippen molar-refractivity contribution in [1.82, 2.24) is 5.32 Å². The average Bonchev–Trinajstić information content (AvgIpc) is 2.50. The number of esters is 1. The van der Waals surface area contributed by atoms with Crippen LogP contribution in [0.3, 0.4) is 0 Å². The van der Waals surface area contributed by atoms with Gasteiger partial charge in [0.15, 0.2) is 0 Å². The summed E-state index contributed by atoms with van der Waals surface area (Å²) >= 11 is 0. The van der Waals surface area contributed by atoms with Gasteiger partial charge in [-0.05, 0) is 50.5 Å². The summed E-state index contributed by atoms with van der Waals surface area (Å²) in [6.45, 7) is 3.07. The van der Waals surface area contributed by atoms with Crippen molar-refractivity contribution < 1.29 is 9.53 Å². The maximum absolute atomic E-state index is 11.3. The number of rotatable bonds is 7. The fourth-order valence-corrected chi connectivity index (χ4v) is 3.13. The van der Waals surface area contributed by atoms with E-state index in [2.05, 4.69) is 35.6 Å². The Morgan fingerprint density at radius 1 is 1.19 bits per heavy atom. The SMILES string of the molecule is CCOC(=O)CCNC1CCC(Cc2ccccc2)CC1. The average molecular weight is 289 g/mol. The van der Waals surface area contributed by atoms with Crippen LogP contribution in [0.25, 0.3) is 0 Å². The lowest BCUT2D eigenvalue weighted by Gasteiger charge is -2.29. The molecule has 1 fully saturated rings. The highest BCUT2D eigenvalue weighted by atomic mass is 16.5. The molecular weight excluding hydrogens is 262 g/mol. The molecule has 1 N–H and O–H groups in total. The Morgan fingerprint density at radius 3 is 2.57 bits per heavy atom. The lowest BCUT2D eigenvalue weighted by Crippen LogP contribution is -2.35. The molecule has 0 aromatic heterocycles. The van der Waals surface area contributed by atoms with Gasteiger partial charge in [-0.25, -0.2) is 0 Å². The summed E-state index contributed by atoms with van der Waals surface area (Å²) in [7, 11) is 0. The van der Waals surface area contributed by atoms with Crippen molar-refractivity contribution in [1.29, 1.82) is 0 Å². The van der Waals surface area contributed by atoms with E-state index in [-0.39, 0.29) is 5.97 Å². The van der Waals surface area contributed by atoms with E-state index in [1.165, 1.54) is 37.7 Å². The summed E-state index contributed by atoms with van der Waals surface area (Å²) in [5, 5.41) is 3.49. The highest BCUT2D eigenvalue weighted by Crippen LogP contribution is 2.27. The zero-order chi connectivity index (χ0) is 14.9. The van der Waals surface area contributed by atoms with Crippen LogP contribution >= 0.6 is 0 Å². The Hall–Kier alpha value is -1.35. The smallest absolute Gasteiger partial charge is 0.307 e. The van der Waals surface area contributed by atoms with Crippen LogP contribution in [-0.4, -0.2) is 25.2 Å². The first-order chi connectivity index (χ1) is 10.3. The quantitative estimate of drug-likeness (QED) is 0.782. The second-order valence-corrected chi connectivity index (χ2v) is 5.92.